The zero-order valence-electron chi connectivity index (χ0n) is 13.6. The molecule has 0 bridgehead atoms. The summed E-state index contributed by atoms with van der Waals surface area (Å²) >= 11 is 0. The van der Waals surface area contributed by atoms with Crippen molar-refractivity contribution in [2.75, 3.05) is 20.4 Å². The number of rotatable bonds is 6. The molecule has 1 aliphatic heterocycles. The Morgan fingerprint density at radius 3 is 3.00 bits per heavy atom. The number of nitrogens with zero attached hydrogens (tertiary/aromatic N) is 3. The predicted octanol–water partition coefficient (Wildman–Crippen LogP) is 2.39. The van der Waals surface area contributed by atoms with Gasteiger partial charge in [-0.3, -0.25) is 4.57 Å². The molecule has 0 saturated carbocycles. The minimum Gasteiger partial charge on any atom is -0.454 e. The van der Waals surface area contributed by atoms with E-state index < -0.39 is 6.55 Å². The lowest BCUT2D eigenvalue weighted by atomic mass is 10.1. The standard InChI is InChI=1S/C16H18F2N4O3/c1-21(9-14-19-6-7-22(14)15(17)18)16(23)20-5-4-11-2-3-12-13(8-11)25-10-24-12/h2-3,6-8,15H,4-5,9-10H2,1H3,(H,20,23). The minimum atomic E-state index is -2.68. The van der Waals surface area contributed by atoms with Crippen molar-refractivity contribution in [1.82, 2.24) is 19.8 Å². The second kappa shape index (κ2) is 7.37. The summed E-state index contributed by atoms with van der Waals surface area (Å²) in [4.78, 5) is 17.2. The summed E-state index contributed by atoms with van der Waals surface area (Å²) in [5.41, 5.74) is 1.00. The first-order valence-corrected chi connectivity index (χ1v) is 7.72. The Hall–Kier alpha value is -2.84. The number of benzene rings is 1. The number of fused-ring (bicyclic) bond motifs is 1. The van der Waals surface area contributed by atoms with Gasteiger partial charge in [-0.2, -0.15) is 8.78 Å². The van der Waals surface area contributed by atoms with Gasteiger partial charge in [0.2, 0.25) is 6.79 Å². The van der Waals surface area contributed by atoms with Crippen molar-refractivity contribution in [3.8, 4) is 11.5 Å². The first-order chi connectivity index (χ1) is 12.0. The number of carbonyl (C=O) groups is 1. The van der Waals surface area contributed by atoms with Crippen molar-refractivity contribution in [3.05, 3.63) is 42.0 Å². The van der Waals surface area contributed by atoms with E-state index in [0.717, 1.165) is 10.1 Å². The van der Waals surface area contributed by atoms with Crippen molar-refractivity contribution in [3.63, 3.8) is 0 Å². The molecule has 1 aromatic heterocycles. The van der Waals surface area contributed by atoms with Crippen molar-refractivity contribution in [1.29, 1.82) is 0 Å². The van der Waals surface area contributed by atoms with Crippen molar-refractivity contribution in [2.45, 2.75) is 19.5 Å². The fourth-order valence-electron chi connectivity index (χ4n) is 2.47. The first-order valence-electron chi connectivity index (χ1n) is 7.72. The Morgan fingerprint density at radius 2 is 2.20 bits per heavy atom. The Morgan fingerprint density at radius 1 is 1.40 bits per heavy atom. The van der Waals surface area contributed by atoms with E-state index >= 15 is 0 Å². The highest BCUT2D eigenvalue weighted by Crippen LogP contribution is 2.32. The van der Waals surface area contributed by atoms with E-state index in [4.69, 9.17) is 9.47 Å². The molecule has 0 fully saturated rings. The van der Waals surface area contributed by atoms with Gasteiger partial charge >= 0.3 is 12.6 Å². The zero-order valence-corrected chi connectivity index (χ0v) is 13.6. The normalized spacial score (nSPS) is 12.5. The van der Waals surface area contributed by atoms with Crippen LogP contribution in [0.25, 0.3) is 0 Å². The van der Waals surface area contributed by atoms with Gasteiger partial charge in [0.15, 0.2) is 11.5 Å². The summed E-state index contributed by atoms with van der Waals surface area (Å²) in [5, 5.41) is 2.75. The molecule has 25 heavy (non-hydrogen) atoms. The highest BCUT2D eigenvalue weighted by atomic mass is 19.3. The Balaban J connectivity index is 1.48. The van der Waals surface area contributed by atoms with Crippen molar-refractivity contribution in [2.24, 2.45) is 0 Å². The third kappa shape index (κ3) is 3.98. The summed E-state index contributed by atoms with van der Waals surface area (Å²) in [6.45, 7) is -2.06. The fourth-order valence-corrected chi connectivity index (χ4v) is 2.47. The molecule has 0 saturated heterocycles. The lowest BCUT2D eigenvalue weighted by molar-refractivity contribution is 0.0651. The molecule has 9 heteroatoms. The van der Waals surface area contributed by atoms with E-state index in [2.05, 4.69) is 10.3 Å². The maximum absolute atomic E-state index is 12.8. The fraction of sp³-hybridized carbons (Fsp3) is 0.375. The maximum Gasteiger partial charge on any atom is 0.319 e. The summed E-state index contributed by atoms with van der Waals surface area (Å²) in [7, 11) is 1.53. The molecule has 1 aliphatic rings. The third-order valence-corrected chi connectivity index (χ3v) is 3.81. The van der Waals surface area contributed by atoms with Gasteiger partial charge in [-0.25, -0.2) is 9.78 Å². The largest absolute Gasteiger partial charge is 0.454 e. The molecule has 0 spiro atoms. The summed E-state index contributed by atoms with van der Waals surface area (Å²) in [6.07, 6.45) is 3.08. The van der Waals surface area contributed by atoms with E-state index in [0.29, 0.717) is 24.5 Å². The number of carbonyl (C=O) groups excluding carboxylic acids is 1. The quantitative estimate of drug-likeness (QED) is 0.867. The molecule has 0 aliphatic carbocycles. The van der Waals surface area contributed by atoms with Crippen LogP contribution in [0.1, 0.15) is 17.9 Å². The minimum absolute atomic E-state index is 0.00675. The van der Waals surface area contributed by atoms with E-state index in [-0.39, 0.29) is 25.2 Å². The molecule has 3 rings (SSSR count). The summed E-state index contributed by atoms with van der Waals surface area (Å²) < 4.78 is 36.8. The molecule has 0 atom stereocenters. The van der Waals surface area contributed by atoms with Crippen molar-refractivity contribution >= 4 is 6.03 Å². The SMILES string of the molecule is CN(Cc1nccn1C(F)F)C(=O)NCCc1ccc2c(c1)OCO2. The number of halogens is 2. The average molecular weight is 352 g/mol. The number of nitrogens with one attached hydrogen (secondary N) is 1. The maximum atomic E-state index is 12.8. The average Bonchev–Trinajstić information content (AvgIpc) is 3.23. The monoisotopic (exact) mass is 352 g/mol. The van der Waals surface area contributed by atoms with Gasteiger partial charge in [-0.15, -0.1) is 0 Å². The molecule has 1 aromatic carbocycles. The van der Waals surface area contributed by atoms with E-state index in [9.17, 15) is 13.6 Å². The lowest BCUT2D eigenvalue weighted by Gasteiger charge is -2.18. The highest BCUT2D eigenvalue weighted by molar-refractivity contribution is 5.73. The molecule has 2 amide bonds. The molecular formula is C16H18F2N4O3. The molecule has 2 aromatic rings. The number of amides is 2. The van der Waals surface area contributed by atoms with Crippen LogP contribution in [0.3, 0.4) is 0 Å². The van der Waals surface area contributed by atoms with Gasteiger partial charge in [-0.1, -0.05) is 6.07 Å². The van der Waals surface area contributed by atoms with Crippen LogP contribution in [-0.2, 0) is 13.0 Å². The number of alkyl halides is 2. The van der Waals surface area contributed by atoms with Gasteiger partial charge in [0.25, 0.3) is 0 Å². The van der Waals surface area contributed by atoms with Crippen LogP contribution in [0.5, 0.6) is 11.5 Å². The zero-order chi connectivity index (χ0) is 17.8. The lowest BCUT2D eigenvalue weighted by Crippen LogP contribution is -2.38. The van der Waals surface area contributed by atoms with Crippen LogP contribution in [0.4, 0.5) is 13.6 Å². The van der Waals surface area contributed by atoms with Gasteiger partial charge in [-0.05, 0) is 24.1 Å². The van der Waals surface area contributed by atoms with Crippen molar-refractivity contribution < 1.29 is 23.0 Å². The third-order valence-electron chi connectivity index (χ3n) is 3.81. The number of hydrogen-bond acceptors (Lipinski definition) is 4. The van der Waals surface area contributed by atoms with Crippen LogP contribution in [0.2, 0.25) is 0 Å². The molecule has 7 nitrogen and oxygen atoms in total. The van der Waals surface area contributed by atoms with Crippen LogP contribution in [0, 0.1) is 0 Å². The molecule has 2 heterocycles. The Bertz CT molecular complexity index is 751. The van der Waals surface area contributed by atoms with Gasteiger partial charge < -0.3 is 19.7 Å². The van der Waals surface area contributed by atoms with Crippen LogP contribution < -0.4 is 14.8 Å². The molecule has 0 radical (unpaired) electrons. The van der Waals surface area contributed by atoms with E-state index in [1.165, 1.54) is 24.3 Å². The molecule has 0 unspecified atom stereocenters. The van der Waals surface area contributed by atoms with Crippen LogP contribution in [0.15, 0.2) is 30.6 Å². The van der Waals surface area contributed by atoms with E-state index in [1.54, 1.807) is 0 Å². The Kier molecular flexibility index (Phi) is 5.01. The first kappa shape index (κ1) is 17.0. The number of aromatic nitrogens is 2. The number of ether oxygens (including phenoxy) is 2. The molecule has 134 valence electrons. The highest BCUT2D eigenvalue weighted by Gasteiger charge is 2.16. The second-order valence-corrected chi connectivity index (χ2v) is 5.55. The smallest absolute Gasteiger partial charge is 0.319 e. The van der Waals surface area contributed by atoms with Gasteiger partial charge in [0.1, 0.15) is 5.82 Å². The van der Waals surface area contributed by atoms with Gasteiger partial charge in [0, 0.05) is 26.0 Å². The number of urea groups is 1. The number of hydrogen-bond donors (Lipinski definition) is 1. The van der Waals surface area contributed by atoms with Crippen LogP contribution in [-0.4, -0.2) is 40.9 Å². The van der Waals surface area contributed by atoms with Crippen LogP contribution >= 0.6 is 0 Å². The Labute approximate surface area is 143 Å². The van der Waals surface area contributed by atoms with Gasteiger partial charge in [0.05, 0.1) is 6.54 Å². The predicted molar refractivity (Wildman–Crippen MR) is 84.6 cm³/mol. The summed E-state index contributed by atoms with van der Waals surface area (Å²) in [6, 6.07) is 5.25. The second-order valence-electron chi connectivity index (χ2n) is 5.55. The number of imidazole rings is 1. The molecule has 1 N–H and O–H groups in total. The van der Waals surface area contributed by atoms with E-state index in [1.807, 2.05) is 18.2 Å². The topological polar surface area (TPSA) is 68.6 Å². The molecular weight excluding hydrogens is 334 g/mol. The summed E-state index contributed by atoms with van der Waals surface area (Å²) in [5.74, 6) is 1.53.